The van der Waals surface area contributed by atoms with Gasteiger partial charge in [0.1, 0.15) is 18.5 Å². The number of β-lactam (4-membered cyclic amide) rings is 1. The number of thiazole rings is 1. The van der Waals surface area contributed by atoms with Gasteiger partial charge in [-0.05, 0) is 12.5 Å². The van der Waals surface area contributed by atoms with Gasteiger partial charge in [-0.15, -0.1) is 11.3 Å². The van der Waals surface area contributed by atoms with Gasteiger partial charge in [-0.25, -0.2) is 9.78 Å². The molecule has 3 rings (SSSR count). The minimum Gasteiger partial charge on any atom is -0.477 e. The number of aromatic amines is 1. The number of aromatic nitrogens is 4. The average molecular weight is 585 g/mol. The van der Waals surface area contributed by atoms with E-state index in [1.54, 1.807) is 6.92 Å². The minimum absolute atomic E-state index is 0.00253. The zero-order valence-electron chi connectivity index (χ0n) is 20.3. The van der Waals surface area contributed by atoms with Crippen molar-refractivity contribution in [2.45, 2.75) is 18.1 Å². The Hall–Kier alpha value is -3.64. The molecule has 38 heavy (non-hydrogen) atoms. The Kier molecular flexibility index (Phi) is 9.34. The number of rotatable bonds is 11. The number of thioether (sulfide) groups is 1. The molecular weight excluding hydrogens is 560 g/mol. The lowest BCUT2D eigenvalue weighted by atomic mass is 9.87. The number of H-pyrrole nitrogens is 1. The molecule has 2 aromatic heterocycles. The van der Waals surface area contributed by atoms with Crippen LogP contribution in [0.5, 0.6) is 0 Å². The molecule has 1 saturated heterocycles. The van der Waals surface area contributed by atoms with E-state index in [4.69, 9.17) is 10.6 Å². The number of nitrogen functional groups attached to an aromatic ring is 1. The molecule has 2 aromatic rings. The highest BCUT2D eigenvalue weighted by Gasteiger charge is 2.48. The molecule has 1 aliphatic heterocycles. The van der Waals surface area contributed by atoms with Gasteiger partial charge in [-0.1, -0.05) is 16.9 Å². The van der Waals surface area contributed by atoms with E-state index in [9.17, 15) is 29.1 Å². The first-order chi connectivity index (χ1) is 18.0. The summed E-state index contributed by atoms with van der Waals surface area (Å²) in [7, 11) is 2.74. The van der Waals surface area contributed by atoms with Crippen LogP contribution in [0.4, 0.5) is 5.13 Å². The number of carboxylic acids is 1. The van der Waals surface area contributed by atoms with Gasteiger partial charge >= 0.3 is 17.1 Å². The molecule has 1 aliphatic rings. The van der Waals surface area contributed by atoms with E-state index in [0.29, 0.717) is 5.57 Å². The number of carbonyl (C=O) groups is 3. The second kappa shape index (κ2) is 12.3. The molecule has 0 radical (unpaired) electrons. The molecule has 0 aliphatic carbocycles. The molecule has 3 heterocycles. The Morgan fingerprint density at radius 1 is 1.37 bits per heavy atom. The number of aliphatic carboxylic acids is 1. The zero-order valence-corrected chi connectivity index (χ0v) is 22.9. The number of aryl methyl sites for hydroxylation is 1. The topological polar surface area (TPSA) is 215 Å². The lowest BCUT2D eigenvalue weighted by molar-refractivity contribution is -0.155. The molecule has 2 amide bonds. The lowest BCUT2D eigenvalue weighted by Gasteiger charge is -2.46. The number of nitrogens with one attached hydrogen (secondary N) is 2. The van der Waals surface area contributed by atoms with Crippen LogP contribution in [-0.4, -0.2) is 84.5 Å². The Balaban J connectivity index is 1.74. The van der Waals surface area contributed by atoms with Gasteiger partial charge in [-0.3, -0.25) is 29.0 Å². The third kappa shape index (κ3) is 6.08. The first-order valence-corrected chi connectivity index (χ1v) is 13.3. The van der Waals surface area contributed by atoms with Gasteiger partial charge in [0, 0.05) is 36.5 Å². The number of amides is 2. The fourth-order valence-corrected chi connectivity index (χ4v) is 5.48. The zero-order chi connectivity index (χ0) is 28.1. The summed E-state index contributed by atoms with van der Waals surface area (Å²) in [4.78, 5) is 74.4. The van der Waals surface area contributed by atoms with Crippen LogP contribution in [0.15, 0.2) is 36.6 Å². The number of nitrogens with zero attached hydrogens (tertiary/aromatic N) is 5. The van der Waals surface area contributed by atoms with E-state index in [2.05, 4.69) is 38.2 Å². The van der Waals surface area contributed by atoms with Crippen LogP contribution in [-0.2, 0) is 26.3 Å². The van der Waals surface area contributed by atoms with Crippen molar-refractivity contribution < 1.29 is 24.3 Å². The van der Waals surface area contributed by atoms with Crippen molar-refractivity contribution >= 4 is 64.4 Å². The molecule has 1 fully saturated rings. The molecule has 18 heteroatoms. The Morgan fingerprint density at radius 2 is 2.08 bits per heavy atom. The number of anilines is 1. The van der Waals surface area contributed by atoms with Crippen molar-refractivity contribution in [3.63, 3.8) is 0 Å². The number of hydrogen-bond acceptors (Lipinski definition) is 13. The van der Waals surface area contributed by atoms with Crippen molar-refractivity contribution in [3.8, 4) is 0 Å². The number of carboxylic acid groups (broad SMARTS) is 1. The Morgan fingerprint density at radius 3 is 2.63 bits per heavy atom. The van der Waals surface area contributed by atoms with Crippen LogP contribution in [0.3, 0.4) is 0 Å². The summed E-state index contributed by atoms with van der Waals surface area (Å²) in [6, 6.07) is -0.568. The van der Waals surface area contributed by atoms with Crippen LogP contribution in [0, 0.1) is 5.92 Å². The van der Waals surface area contributed by atoms with E-state index < -0.39 is 40.9 Å². The predicted octanol–water partition coefficient (Wildman–Crippen LogP) is -1.12. The fourth-order valence-electron chi connectivity index (χ4n) is 3.59. The van der Waals surface area contributed by atoms with Gasteiger partial charge in [-0.2, -0.15) is 17.6 Å². The highest BCUT2D eigenvalue weighted by molar-refractivity contribution is 7.99. The van der Waals surface area contributed by atoms with E-state index in [-0.39, 0.29) is 45.4 Å². The molecule has 0 aromatic carbocycles. The summed E-state index contributed by atoms with van der Waals surface area (Å²) in [5.41, 5.74) is 3.89. The molecule has 0 bridgehead atoms. The quantitative estimate of drug-likeness (QED) is 0.0406. The monoisotopic (exact) mass is 584 g/mol. The molecule has 0 saturated carbocycles. The Labute approximate surface area is 228 Å². The Bertz CT molecular complexity index is 1430. The maximum atomic E-state index is 13.0. The van der Waals surface area contributed by atoms with Gasteiger partial charge in [0.15, 0.2) is 16.0 Å². The first kappa shape index (κ1) is 28.9. The highest BCUT2D eigenvalue weighted by atomic mass is 32.2. The highest BCUT2D eigenvalue weighted by Crippen LogP contribution is 2.33. The van der Waals surface area contributed by atoms with E-state index in [0.717, 1.165) is 28.0 Å². The van der Waals surface area contributed by atoms with E-state index >= 15 is 0 Å². The summed E-state index contributed by atoms with van der Waals surface area (Å²) in [5.74, 6) is -3.15. The van der Waals surface area contributed by atoms with Gasteiger partial charge in [0.05, 0.1) is 5.92 Å². The number of hydrogen-bond donors (Lipinski definition) is 5. The van der Waals surface area contributed by atoms with E-state index in [1.807, 2.05) is 0 Å². The van der Waals surface area contributed by atoms with Crippen LogP contribution >= 0.6 is 35.7 Å². The molecular formula is C20H24N8O7S3. The molecule has 2 atom stereocenters. The van der Waals surface area contributed by atoms with Crippen molar-refractivity contribution in [2.75, 3.05) is 30.9 Å². The van der Waals surface area contributed by atoms with Crippen molar-refractivity contribution in [2.24, 2.45) is 18.1 Å². The molecule has 204 valence electrons. The van der Waals surface area contributed by atoms with Crippen molar-refractivity contribution in [1.82, 2.24) is 30.0 Å². The summed E-state index contributed by atoms with van der Waals surface area (Å²) in [6.45, 7) is 1.57. The third-order valence-corrected chi connectivity index (χ3v) is 7.65. The normalized spacial score (nSPS) is 18.1. The largest absolute Gasteiger partial charge is 0.477 e. The number of thiol groups is 1. The lowest BCUT2D eigenvalue weighted by Crippen LogP contribution is -2.63. The second-order valence-corrected chi connectivity index (χ2v) is 10.0. The maximum absolute atomic E-state index is 13.0. The number of oxime groups is 1. The van der Waals surface area contributed by atoms with Crippen molar-refractivity contribution in [1.29, 1.82) is 0 Å². The van der Waals surface area contributed by atoms with Gasteiger partial charge in [0.25, 0.3) is 5.91 Å². The fraction of sp³-hybridized carbons (Fsp3) is 0.400. The predicted molar refractivity (Wildman–Crippen MR) is 142 cm³/mol. The summed E-state index contributed by atoms with van der Waals surface area (Å²) < 4.78 is 1.24. The van der Waals surface area contributed by atoms with Crippen molar-refractivity contribution in [3.05, 3.63) is 43.1 Å². The van der Waals surface area contributed by atoms with Gasteiger partial charge < -0.3 is 25.9 Å². The molecule has 0 unspecified atom stereocenters. The molecule has 0 spiro atoms. The van der Waals surface area contributed by atoms with Crippen LogP contribution < -0.4 is 22.2 Å². The smallest absolute Gasteiger partial charge is 0.352 e. The minimum atomic E-state index is -1.34. The summed E-state index contributed by atoms with van der Waals surface area (Å²) >= 11 is 6.35. The van der Waals surface area contributed by atoms with Crippen LogP contribution in [0.25, 0.3) is 0 Å². The third-order valence-electron chi connectivity index (χ3n) is 5.48. The van der Waals surface area contributed by atoms with Crippen LogP contribution in [0.1, 0.15) is 12.6 Å². The average Bonchev–Trinajstić information content (AvgIpc) is 3.30. The number of likely N-dealkylation sites (tertiary alicyclic amines) is 1. The number of nitrogens with two attached hydrogens (primary N) is 1. The molecule has 15 nitrogen and oxygen atoms in total. The van der Waals surface area contributed by atoms with E-state index in [1.165, 1.54) is 24.2 Å². The molecule has 5 N–H and O–H groups in total. The second-order valence-electron chi connectivity index (χ2n) is 7.86. The van der Waals surface area contributed by atoms with Crippen LogP contribution in [0.2, 0.25) is 0 Å². The summed E-state index contributed by atoms with van der Waals surface area (Å²) in [6.07, 6.45) is 0. The first-order valence-electron chi connectivity index (χ1n) is 10.8. The SMILES string of the molecule is CO/N=C(\C(=O)NC[C@@H]1C(=O)N(/C(C(=O)O)=C(\CS)CSc2nc(=O)c(=O)[nH]n2C)[C@@H]1C)c1csc(N)n1. The summed E-state index contributed by atoms with van der Waals surface area (Å²) in [5, 5.41) is 20.4. The maximum Gasteiger partial charge on any atom is 0.352 e. The van der Waals surface area contributed by atoms with Gasteiger partial charge in [0.2, 0.25) is 5.91 Å². The number of carbonyl (C=O) groups excluding carboxylic acids is 2. The standard InChI is InChI=1S/C20H24N8O7S3/c1-8-10(4-22-14(29)12(26-35-3)11-7-37-19(21)23-11)17(32)28(8)13(18(33)34)9(5-36)6-38-20-24-15(30)16(31)25-27(20)2/h7-8,10,36H,4-6H2,1-3H3,(H2,21,23)(H,22,29)(H,25,31)(H,33,34)/b13-9+,26-12-/t8-,10+/m1/s1.